The number of amides is 2. The van der Waals surface area contributed by atoms with Crippen molar-refractivity contribution in [2.75, 3.05) is 30.7 Å². The van der Waals surface area contributed by atoms with E-state index in [2.05, 4.69) is 30.6 Å². The number of nitrogens with one attached hydrogen (secondary N) is 3. The lowest BCUT2D eigenvalue weighted by molar-refractivity contribution is 0.167. The zero-order chi connectivity index (χ0) is 22.8. The summed E-state index contributed by atoms with van der Waals surface area (Å²) in [5, 5.41) is 9.46. The van der Waals surface area contributed by atoms with Crippen LogP contribution in [0.4, 0.5) is 15.0 Å². The largest absolute Gasteiger partial charge is 0.367 e. The van der Waals surface area contributed by atoms with Crippen LogP contribution >= 0.6 is 23.4 Å². The summed E-state index contributed by atoms with van der Waals surface area (Å²) >= 11 is 7.78. The van der Waals surface area contributed by atoms with Gasteiger partial charge in [-0.3, -0.25) is 0 Å². The molecule has 5 rings (SSSR count). The number of likely N-dealkylation sites (tertiary alicyclic amines) is 1. The first-order chi connectivity index (χ1) is 16.1. The van der Waals surface area contributed by atoms with Gasteiger partial charge >= 0.3 is 6.03 Å². The maximum Gasteiger partial charge on any atom is 0.317 e. The van der Waals surface area contributed by atoms with Gasteiger partial charge in [0.25, 0.3) is 0 Å². The zero-order valence-corrected chi connectivity index (χ0v) is 19.3. The summed E-state index contributed by atoms with van der Waals surface area (Å²) < 4.78 is 14.5. The smallest absolute Gasteiger partial charge is 0.317 e. The Kier molecular flexibility index (Phi) is 6.37. The maximum absolute atomic E-state index is 14.5. The molecule has 2 aliphatic heterocycles. The molecule has 2 atom stereocenters. The molecule has 3 N–H and O–H groups in total. The number of piperidine rings is 1. The molecule has 0 radical (unpaired) electrons. The van der Waals surface area contributed by atoms with Gasteiger partial charge in [0, 0.05) is 48.7 Å². The summed E-state index contributed by atoms with van der Waals surface area (Å²) in [6, 6.07) is 1.82. The highest BCUT2D eigenvalue weighted by Gasteiger charge is 2.25. The van der Waals surface area contributed by atoms with Crippen LogP contribution in [0.15, 0.2) is 36.1 Å². The second-order valence-electron chi connectivity index (χ2n) is 8.20. The zero-order valence-electron chi connectivity index (χ0n) is 17.7. The van der Waals surface area contributed by atoms with Crippen molar-refractivity contribution in [3.8, 4) is 11.4 Å². The number of carbonyl (C=O) groups excluding carboxylic acids is 1. The number of anilines is 1. The molecule has 0 aromatic carbocycles. The number of rotatable bonds is 5. The molecule has 33 heavy (non-hydrogen) atoms. The molecule has 2 aliphatic rings. The minimum Gasteiger partial charge on any atom is -0.367 e. The fourth-order valence-corrected chi connectivity index (χ4v) is 5.12. The minimum atomic E-state index is -0.523. The number of thioether (sulfide) groups is 1. The van der Waals surface area contributed by atoms with Gasteiger partial charge in [-0.05, 0) is 30.2 Å². The van der Waals surface area contributed by atoms with Crippen LogP contribution in [0.3, 0.4) is 0 Å². The number of aromatic nitrogens is 4. The minimum absolute atomic E-state index is 0.0426. The van der Waals surface area contributed by atoms with Crippen molar-refractivity contribution < 1.29 is 9.18 Å². The summed E-state index contributed by atoms with van der Waals surface area (Å²) in [5.74, 6) is 1.07. The Morgan fingerprint density at radius 2 is 2.27 bits per heavy atom. The Morgan fingerprint density at radius 1 is 1.36 bits per heavy atom. The highest BCUT2D eigenvalue weighted by atomic mass is 35.5. The molecule has 1 fully saturated rings. The van der Waals surface area contributed by atoms with Crippen LogP contribution in [0, 0.1) is 11.7 Å². The Bertz CT molecular complexity index is 1200. The monoisotopic (exact) mass is 487 g/mol. The van der Waals surface area contributed by atoms with Crippen molar-refractivity contribution in [3.05, 3.63) is 47.0 Å². The number of H-pyrrole nitrogens is 1. The Balaban J connectivity index is 1.25. The summed E-state index contributed by atoms with van der Waals surface area (Å²) in [6.45, 7) is 1.86. The molecule has 5 heterocycles. The van der Waals surface area contributed by atoms with E-state index in [1.165, 1.54) is 0 Å². The second kappa shape index (κ2) is 9.56. The van der Waals surface area contributed by atoms with Gasteiger partial charge in [-0.25, -0.2) is 24.1 Å². The highest BCUT2D eigenvalue weighted by Crippen LogP contribution is 2.28. The average molecular weight is 488 g/mol. The van der Waals surface area contributed by atoms with Gasteiger partial charge in [0.05, 0.1) is 17.3 Å². The van der Waals surface area contributed by atoms with Crippen molar-refractivity contribution in [2.45, 2.75) is 18.9 Å². The molecule has 3 aromatic heterocycles. The predicted octanol–water partition coefficient (Wildman–Crippen LogP) is 4.28. The molecule has 2 amide bonds. The van der Waals surface area contributed by atoms with E-state index in [9.17, 15) is 9.18 Å². The van der Waals surface area contributed by atoms with Gasteiger partial charge in [0.15, 0.2) is 17.5 Å². The topological polar surface area (TPSA) is 98.8 Å². The van der Waals surface area contributed by atoms with Crippen molar-refractivity contribution >= 4 is 46.2 Å². The third kappa shape index (κ3) is 4.91. The van der Waals surface area contributed by atoms with Crippen molar-refractivity contribution in [1.82, 2.24) is 30.2 Å². The molecule has 11 heteroatoms. The third-order valence-corrected chi connectivity index (χ3v) is 6.95. The fourth-order valence-electron chi connectivity index (χ4n) is 4.15. The van der Waals surface area contributed by atoms with Crippen LogP contribution in [0.2, 0.25) is 5.02 Å². The van der Waals surface area contributed by atoms with Gasteiger partial charge < -0.3 is 20.5 Å². The van der Waals surface area contributed by atoms with Crippen LogP contribution in [-0.2, 0) is 0 Å². The quantitative estimate of drug-likeness (QED) is 0.497. The van der Waals surface area contributed by atoms with E-state index in [1.54, 1.807) is 30.2 Å². The van der Waals surface area contributed by atoms with Crippen LogP contribution in [0.1, 0.15) is 12.8 Å². The van der Waals surface area contributed by atoms with E-state index >= 15 is 0 Å². The second-order valence-corrected chi connectivity index (χ2v) is 9.57. The van der Waals surface area contributed by atoms with E-state index in [4.69, 9.17) is 11.6 Å². The van der Waals surface area contributed by atoms with E-state index in [1.807, 2.05) is 16.4 Å². The number of fused-ring (bicyclic) bond motifs is 1. The third-order valence-electron chi connectivity index (χ3n) is 5.84. The van der Waals surface area contributed by atoms with E-state index in [0.29, 0.717) is 35.1 Å². The Morgan fingerprint density at radius 3 is 3.12 bits per heavy atom. The lowest BCUT2D eigenvalue weighted by Crippen LogP contribution is -2.49. The van der Waals surface area contributed by atoms with Gasteiger partial charge in [0.2, 0.25) is 0 Å². The first-order valence-corrected chi connectivity index (χ1v) is 12.2. The number of nitrogens with zero attached hydrogens (tertiary/aromatic N) is 4. The number of urea groups is 1. The van der Waals surface area contributed by atoms with Gasteiger partial charge in [-0.15, -0.1) is 11.8 Å². The summed E-state index contributed by atoms with van der Waals surface area (Å²) in [6.07, 6.45) is 8.34. The van der Waals surface area contributed by atoms with E-state index in [-0.39, 0.29) is 23.8 Å². The molecule has 2 unspecified atom stereocenters. The Hall–Kier alpha value is -2.85. The molecule has 3 aromatic rings. The predicted molar refractivity (Wildman–Crippen MR) is 129 cm³/mol. The number of hydrogen-bond acceptors (Lipinski definition) is 6. The van der Waals surface area contributed by atoms with Crippen molar-refractivity contribution in [2.24, 2.45) is 5.92 Å². The molecule has 0 spiro atoms. The van der Waals surface area contributed by atoms with Crippen LogP contribution in [0.25, 0.3) is 22.4 Å². The standard InChI is InChI=1S/C22H23ClFN7OS/c23-14-6-16-17(9-27-19(16)26-8-14)20-28-10-18(24)21(30-20)25-7-13-2-1-4-31(11-13)22(32)29-15-3-5-33-12-15/h3,5-6,8-10,13,15H,1-2,4,7,11-12H2,(H,26,27)(H,29,32)(H,25,28,30). The molecule has 8 nitrogen and oxygen atoms in total. The lowest BCUT2D eigenvalue weighted by atomic mass is 9.98. The normalized spacial score (nSPS) is 20.4. The summed E-state index contributed by atoms with van der Waals surface area (Å²) in [4.78, 5) is 30.3. The first-order valence-electron chi connectivity index (χ1n) is 10.8. The first kappa shape index (κ1) is 22.0. The van der Waals surface area contributed by atoms with E-state index < -0.39 is 5.82 Å². The van der Waals surface area contributed by atoms with Crippen LogP contribution in [0.5, 0.6) is 0 Å². The molecular weight excluding hydrogens is 465 g/mol. The van der Waals surface area contributed by atoms with Crippen LogP contribution in [-0.4, -0.2) is 62.3 Å². The fraction of sp³-hybridized carbons (Fsp3) is 0.364. The molecule has 172 valence electrons. The van der Waals surface area contributed by atoms with Crippen molar-refractivity contribution in [3.63, 3.8) is 0 Å². The summed E-state index contributed by atoms with van der Waals surface area (Å²) in [5.41, 5.74) is 1.35. The highest BCUT2D eigenvalue weighted by molar-refractivity contribution is 8.02. The molecule has 0 saturated carbocycles. The maximum atomic E-state index is 14.5. The number of pyridine rings is 1. The average Bonchev–Trinajstić information content (AvgIpc) is 3.48. The molecule has 0 aliphatic carbocycles. The number of carbonyl (C=O) groups is 1. The number of aromatic amines is 1. The molecule has 0 bridgehead atoms. The number of hydrogen-bond donors (Lipinski definition) is 3. The van der Waals surface area contributed by atoms with Gasteiger partial charge in [-0.2, -0.15) is 0 Å². The SMILES string of the molecule is O=C(NC1C=CSC1)N1CCCC(CNc2nc(-c3c[nH]c4ncc(Cl)cc34)ncc2F)C1. The Labute approximate surface area is 199 Å². The van der Waals surface area contributed by atoms with Crippen molar-refractivity contribution in [1.29, 1.82) is 0 Å². The number of halogens is 2. The summed E-state index contributed by atoms with van der Waals surface area (Å²) in [7, 11) is 0. The molecular formula is C22H23ClFN7OS. The lowest BCUT2D eigenvalue weighted by Gasteiger charge is -2.33. The molecule has 1 saturated heterocycles. The van der Waals surface area contributed by atoms with Crippen LogP contribution < -0.4 is 10.6 Å². The van der Waals surface area contributed by atoms with Gasteiger partial charge in [0.1, 0.15) is 5.65 Å². The van der Waals surface area contributed by atoms with Gasteiger partial charge in [-0.1, -0.05) is 17.7 Å². The van der Waals surface area contributed by atoms with E-state index in [0.717, 1.165) is 36.7 Å².